The van der Waals surface area contributed by atoms with Crippen molar-refractivity contribution < 1.29 is 9.13 Å². The molecule has 4 nitrogen and oxygen atoms in total. The Morgan fingerprint density at radius 2 is 2.28 bits per heavy atom. The van der Waals surface area contributed by atoms with Crippen molar-refractivity contribution in [1.29, 1.82) is 0 Å². The van der Waals surface area contributed by atoms with Crippen LogP contribution in [0.15, 0.2) is 17.8 Å². The van der Waals surface area contributed by atoms with Crippen LogP contribution in [0.2, 0.25) is 0 Å². The molecule has 1 N–H and O–H groups in total. The number of anilines is 1. The van der Waals surface area contributed by atoms with Gasteiger partial charge in [-0.3, -0.25) is 0 Å². The number of nitrogens with zero attached hydrogens (tertiary/aromatic N) is 2. The minimum Gasteiger partial charge on any atom is -0.479 e. The normalized spacial score (nSPS) is 16.9. The molecule has 0 aromatic carbocycles. The highest BCUT2D eigenvalue weighted by molar-refractivity contribution is 5.33. The average Bonchev–Trinajstić information content (AvgIpc) is 2.42. The molecule has 1 heterocycles. The van der Waals surface area contributed by atoms with E-state index in [1.807, 2.05) is 0 Å². The minimum absolute atomic E-state index is 0.0303. The highest BCUT2D eigenvalue weighted by Gasteiger charge is 2.14. The van der Waals surface area contributed by atoms with Crippen LogP contribution < -0.4 is 10.1 Å². The summed E-state index contributed by atoms with van der Waals surface area (Å²) < 4.78 is 18.0. The first kappa shape index (κ1) is 12.8. The van der Waals surface area contributed by atoms with Crippen molar-refractivity contribution in [2.24, 2.45) is 0 Å². The molecular formula is C13H18FN3O. The summed E-state index contributed by atoms with van der Waals surface area (Å²) in [6.45, 7) is 2.07. The van der Waals surface area contributed by atoms with Crippen molar-refractivity contribution in [3.63, 3.8) is 0 Å². The lowest BCUT2D eigenvalue weighted by Gasteiger charge is -2.20. The molecule has 1 aliphatic carbocycles. The first-order valence-corrected chi connectivity index (χ1v) is 6.22. The van der Waals surface area contributed by atoms with Gasteiger partial charge in [-0.2, -0.15) is 9.37 Å². The molecule has 0 fully saturated rings. The molecule has 0 amide bonds. The maximum absolute atomic E-state index is 13.2. The molecule has 1 aromatic heterocycles. The Balaban J connectivity index is 2.06. The number of rotatable bonds is 4. The lowest BCUT2D eigenvalue weighted by Crippen LogP contribution is -2.21. The summed E-state index contributed by atoms with van der Waals surface area (Å²) in [5.41, 5.74) is 1.37. The summed E-state index contributed by atoms with van der Waals surface area (Å²) in [6.07, 6.45) is 8.11. The zero-order chi connectivity index (χ0) is 13.0. The van der Waals surface area contributed by atoms with Gasteiger partial charge in [0.25, 0.3) is 5.88 Å². The van der Waals surface area contributed by atoms with E-state index < -0.39 is 5.82 Å². The molecule has 5 heteroatoms. The van der Waals surface area contributed by atoms with E-state index in [0.717, 1.165) is 19.0 Å². The van der Waals surface area contributed by atoms with E-state index in [2.05, 4.69) is 28.3 Å². The average molecular weight is 251 g/mol. The molecule has 0 bridgehead atoms. The maximum Gasteiger partial charge on any atom is 0.255 e. The first-order valence-electron chi connectivity index (χ1n) is 6.22. The van der Waals surface area contributed by atoms with Gasteiger partial charge >= 0.3 is 0 Å². The van der Waals surface area contributed by atoms with Crippen LogP contribution in [0.5, 0.6) is 5.88 Å². The molecule has 1 unspecified atom stereocenters. The number of nitrogens with one attached hydrogen (secondary N) is 1. The maximum atomic E-state index is 13.2. The van der Waals surface area contributed by atoms with Crippen LogP contribution in [0.4, 0.5) is 10.3 Å². The second-order valence-corrected chi connectivity index (χ2v) is 4.44. The molecule has 1 atom stereocenters. The van der Waals surface area contributed by atoms with Crippen molar-refractivity contribution in [2.75, 3.05) is 12.4 Å². The van der Waals surface area contributed by atoms with Crippen LogP contribution in [-0.2, 0) is 0 Å². The summed E-state index contributed by atoms with van der Waals surface area (Å²) in [5, 5.41) is 3.18. The van der Waals surface area contributed by atoms with Crippen LogP contribution in [0.25, 0.3) is 0 Å². The molecule has 1 aliphatic rings. The van der Waals surface area contributed by atoms with E-state index in [1.54, 1.807) is 0 Å². The third kappa shape index (κ3) is 2.97. The lowest BCUT2D eigenvalue weighted by molar-refractivity contribution is 0.367. The van der Waals surface area contributed by atoms with E-state index in [0.29, 0.717) is 5.95 Å². The van der Waals surface area contributed by atoms with E-state index >= 15 is 0 Å². The first-order chi connectivity index (χ1) is 8.70. The molecule has 0 spiro atoms. The van der Waals surface area contributed by atoms with Crippen LogP contribution in [0.3, 0.4) is 0 Å². The molecule has 0 radical (unpaired) electrons. The van der Waals surface area contributed by atoms with E-state index in [9.17, 15) is 4.39 Å². The molecule has 1 aromatic rings. The monoisotopic (exact) mass is 251 g/mol. The fourth-order valence-corrected chi connectivity index (χ4v) is 2.11. The van der Waals surface area contributed by atoms with E-state index in [4.69, 9.17) is 4.74 Å². The summed E-state index contributed by atoms with van der Waals surface area (Å²) in [6, 6.07) is 0.167. The van der Waals surface area contributed by atoms with Gasteiger partial charge in [0, 0.05) is 6.04 Å². The van der Waals surface area contributed by atoms with Gasteiger partial charge in [-0.05, 0) is 32.6 Å². The van der Waals surface area contributed by atoms with Crippen LogP contribution >= 0.6 is 0 Å². The topological polar surface area (TPSA) is 47.0 Å². The van der Waals surface area contributed by atoms with Gasteiger partial charge in [0.05, 0.1) is 13.3 Å². The zero-order valence-electron chi connectivity index (χ0n) is 10.7. The molecule has 0 saturated heterocycles. The smallest absolute Gasteiger partial charge is 0.255 e. The third-order valence-electron chi connectivity index (χ3n) is 3.13. The number of hydrogen-bond acceptors (Lipinski definition) is 4. The standard InChI is InChI=1S/C13H18FN3O/c1-9(10-6-4-3-5-7-10)16-13-15-8-11(14)12(17-13)18-2/h6,8-9H,3-5,7H2,1-2H3,(H,15,16,17). The Morgan fingerprint density at radius 1 is 1.44 bits per heavy atom. The molecule has 98 valence electrons. The molecule has 18 heavy (non-hydrogen) atoms. The van der Waals surface area contributed by atoms with Crippen molar-refractivity contribution in [2.45, 2.75) is 38.6 Å². The number of aromatic nitrogens is 2. The Morgan fingerprint density at radius 3 is 2.94 bits per heavy atom. The number of ether oxygens (including phenoxy) is 1. The highest BCUT2D eigenvalue weighted by Crippen LogP contribution is 2.22. The molecule has 0 saturated carbocycles. The van der Waals surface area contributed by atoms with Crippen LogP contribution in [-0.4, -0.2) is 23.1 Å². The number of halogens is 1. The number of allylic oxidation sites excluding steroid dienone is 1. The zero-order valence-corrected chi connectivity index (χ0v) is 10.7. The SMILES string of the molecule is COc1nc(NC(C)C2=CCCCC2)ncc1F. The number of hydrogen-bond donors (Lipinski definition) is 1. The largest absolute Gasteiger partial charge is 0.479 e. The Kier molecular flexibility index (Phi) is 4.12. The Bertz CT molecular complexity index is 448. The molecule has 2 rings (SSSR count). The second-order valence-electron chi connectivity index (χ2n) is 4.44. The van der Waals surface area contributed by atoms with Crippen molar-refractivity contribution in [1.82, 2.24) is 9.97 Å². The van der Waals surface area contributed by atoms with Gasteiger partial charge in [-0.15, -0.1) is 0 Å². The van der Waals surface area contributed by atoms with Gasteiger partial charge in [-0.25, -0.2) is 4.98 Å². The summed E-state index contributed by atoms with van der Waals surface area (Å²) in [5.74, 6) is -0.183. The minimum atomic E-state index is -0.549. The molecule has 0 aliphatic heterocycles. The summed E-state index contributed by atoms with van der Waals surface area (Å²) >= 11 is 0. The van der Waals surface area contributed by atoms with Gasteiger partial charge in [-0.1, -0.05) is 11.6 Å². The number of methoxy groups -OCH3 is 1. The third-order valence-corrected chi connectivity index (χ3v) is 3.13. The van der Waals surface area contributed by atoms with Crippen LogP contribution in [0.1, 0.15) is 32.6 Å². The van der Waals surface area contributed by atoms with Crippen LogP contribution in [0, 0.1) is 5.82 Å². The predicted octanol–water partition coefficient (Wildman–Crippen LogP) is 2.93. The van der Waals surface area contributed by atoms with Crippen molar-refractivity contribution in [3.8, 4) is 5.88 Å². The summed E-state index contributed by atoms with van der Waals surface area (Å²) in [4.78, 5) is 7.90. The van der Waals surface area contributed by atoms with E-state index in [-0.39, 0.29) is 11.9 Å². The fraction of sp³-hybridized carbons (Fsp3) is 0.538. The van der Waals surface area contributed by atoms with Crippen molar-refractivity contribution >= 4 is 5.95 Å². The van der Waals surface area contributed by atoms with Gasteiger partial charge in [0.1, 0.15) is 0 Å². The van der Waals surface area contributed by atoms with Crippen molar-refractivity contribution in [3.05, 3.63) is 23.7 Å². The Hall–Kier alpha value is -1.65. The predicted molar refractivity (Wildman–Crippen MR) is 68.2 cm³/mol. The fourth-order valence-electron chi connectivity index (χ4n) is 2.11. The summed E-state index contributed by atoms with van der Waals surface area (Å²) in [7, 11) is 1.39. The molecular weight excluding hydrogens is 233 g/mol. The van der Waals surface area contributed by atoms with E-state index in [1.165, 1.54) is 25.5 Å². The highest BCUT2D eigenvalue weighted by atomic mass is 19.1. The Labute approximate surface area is 106 Å². The van der Waals surface area contributed by atoms with Gasteiger partial charge < -0.3 is 10.1 Å². The quantitative estimate of drug-likeness (QED) is 0.836. The van der Waals surface area contributed by atoms with Gasteiger partial charge in [0.2, 0.25) is 11.8 Å². The van der Waals surface area contributed by atoms with Gasteiger partial charge in [0.15, 0.2) is 0 Å². The second kappa shape index (κ2) is 5.80. The lowest BCUT2D eigenvalue weighted by atomic mass is 9.95.